The number of nitrogens with two attached hydrogens (primary N) is 1. The highest BCUT2D eigenvalue weighted by molar-refractivity contribution is 5.99. The monoisotopic (exact) mass is 586 g/mol. The van der Waals surface area contributed by atoms with Crippen molar-refractivity contribution in [2.24, 2.45) is 52.1 Å². The van der Waals surface area contributed by atoms with Crippen LogP contribution in [0.3, 0.4) is 0 Å². The third-order valence-corrected chi connectivity index (χ3v) is 11.9. The van der Waals surface area contributed by atoms with Crippen LogP contribution in [-0.4, -0.2) is 50.4 Å². The van der Waals surface area contributed by atoms with E-state index in [-0.39, 0.29) is 52.4 Å². The zero-order valence-corrected chi connectivity index (χ0v) is 25.5. The third kappa shape index (κ3) is 6.05. The number of aliphatic hydroxyl groups is 2. The summed E-state index contributed by atoms with van der Waals surface area (Å²) < 4.78 is 0. The largest absolute Gasteiger partial charge is 0.505 e. The van der Waals surface area contributed by atoms with Crippen LogP contribution in [-0.2, 0) is 9.59 Å². The van der Waals surface area contributed by atoms with E-state index in [1.54, 1.807) is 0 Å². The number of fused-ring (bicyclic) bond motifs is 5. The topological polar surface area (TPSA) is 170 Å². The van der Waals surface area contributed by atoms with Gasteiger partial charge in [0, 0.05) is 13.3 Å². The number of benzene rings is 1. The average Bonchev–Trinajstić information content (AvgIpc) is 3.28. The second-order valence-electron chi connectivity index (χ2n) is 14.0. The lowest BCUT2D eigenvalue weighted by Gasteiger charge is -2.62. The minimum Gasteiger partial charge on any atom is -0.505 e. The number of aromatic hydroxyl groups is 1. The lowest BCUT2D eigenvalue weighted by atomic mass is 9.43. The van der Waals surface area contributed by atoms with Gasteiger partial charge in [-0.1, -0.05) is 26.8 Å². The molecule has 10 atom stereocenters. The first kappa shape index (κ1) is 32.3. The molecule has 1 aromatic rings. The quantitative estimate of drug-likeness (QED) is 0.257. The summed E-state index contributed by atoms with van der Waals surface area (Å²) in [6, 6.07) is 4.37. The fourth-order valence-corrected chi connectivity index (χ4v) is 9.75. The predicted molar refractivity (Wildman–Crippen MR) is 160 cm³/mol. The highest BCUT2D eigenvalue weighted by Crippen LogP contribution is 2.68. The van der Waals surface area contributed by atoms with E-state index in [2.05, 4.69) is 26.1 Å². The Kier molecular flexibility index (Phi) is 9.62. The summed E-state index contributed by atoms with van der Waals surface area (Å²) in [5, 5.41) is 42.6. The molecule has 4 fully saturated rings. The molecule has 0 aliphatic heterocycles. The summed E-state index contributed by atoms with van der Waals surface area (Å²) in [5.41, 5.74) is 5.38. The van der Waals surface area contributed by atoms with Gasteiger partial charge >= 0.3 is 5.97 Å². The molecule has 4 aliphatic rings. The van der Waals surface area contributed by atoms with E-state index in [9.17, 15) is 29.7 Å². The Labute approximate surface area is 249 Å². The number of amides is 2. The number of anilines is 1. The summed E-state index contributed by atoms with van der Waals surface area (Å²) >= 11 is 0. The van der Waals surface area contributed by atoms with Crippen molar-refractivity contribution in [3.8, 4) is 5.75 Å². The summed E-state index contributed by atoms with van der Waals surface area (Å²) in [4.78, 5) is 32.6. The van der Waals surface area contributed by atoms with Crippen LogP contribution in [0, 0.1) is 46.3 Å². The van der Waals surface area contributed by atoms with Crippen molar-refractivity contribution in [1.29, 1.82) is 0 Å². The molecule has 0 saturated heterocycles. The SMILES string of the molecule is CC(=O)Nc1cccc(C(N)=O)c1O.C[C@H](CCC(=O)O)[C@H]1CC[C@H]2[C@@H]3CC[C@@H]4C[C@H](O)CC[C@]4(C)[C@H]3C[C@H](O)[C@]12C. The standard InChI is InChI=1S/C24H40O4.C9H10N2O3/c1-14(4-9-22(27)28)18-7-8-19-17-6-5-15-12-16(25)10-11-23(15,2)20(17)13-21(26)24(18,19)3;1-5(12)11-7-4-2-3-6(8(7)13)9(10)14/h14-21,25-26H,4-13H2,1-3H3,(H,27,28);2-4,13H,1H3,(H2,10,14)(H,11,12)/t14-,15-,16-,17+,18-,19+,20+,21+,23+,24-;/m1./s1. The number of aliphatic carboxylic acids is 1. The maximum absolute atomic E-state index is 11.5. The van der Waals surface area contributed by atoms with E-state index in [1.165, 1.54) is 44.4 Å². The molecule has 7 N–H and O–H groups in total. The van der Waals surface area contributed by atoms with Gasteiger partial charge in [-0.2, -0.15) is 0 Å². The maximum Gasteiger partial charge on any atom is 0.303 e. The van der Waals surface area contributed by atoms with Crippen LogP contribution < -0.4 is 11.1 Å². The number of hydrogen-bond acceptors (Lipinski definition) is 6. The van der Waals surface area contributed by atoms with Crippen LogP contribution in [0.4, 0.5) is 5.69 Å². The number of carbonyl (C=O) groups is 3. The van der Waals surface area contributed by atoms with Gasteiger partial charge in [0.05, 0.1) is 23.5 Å². The molecule has 5 rings (SSSR count). The van der Waals surface area contributed by atoms with Crippen molar-refractivity contribution in [2.45, 2.75) is 104 Å². The predicted octanol–water partition coefficient (Wildman–Crippen LogP) is 4.93. The third-order valence-electron chi connectivity index (χ3n) is 11.9. The molecule has 4 saturated carbocycles. The molecule has 42 heavy (non-hydrogen) atoms. The lowest BCUT2D eigenvalue weighted by molar-refractivity contribution is -0.175. The lowest BCUT2D eigenvalue weighted by Crippen LogP contribution is -2.58. The first-order valence-electron chi connectivity index (χ1n) is 15.7. The first-order chi connectivity index (χ1) is 19.7. The van der Waals surface area contributed by atoms with Gasteiger partial charge in [0.25, 0.3) is 5.91 Å². The number of aliphatic hydroxyl groups excluding tert-OH is 2. The zero-order valence-electron chi connectivity index (χ0n) is 25.5. The van der Waals surface area contributed by atoms with E-state index in [0.717, 1.165) is 38.5 Å². The molecular weight excluding hydrogens is 536 g/mol. The molecule has 0 bridgehead atoms. The average molecular weight is 587 g/mol. The second kappa shape index (κ2) is 12.5. The Morgan fingerprint density at radius 3 is 2.40 bits per heavy atom. The molecule has 4 aliphatic carbocycles. The van der Waals surface area contributed by atoms with E-state index in [0.29, 0.717) is 35.5 Å². The van der Waals surface area contributed by atoms with Gasteiger partial charge < -0.3 is 31.5 Å². The van der Waals surface area contributed by atoms with Crippen molar-refractivity contribution in [3.63, 3.8) is 0 Å². The van der Waals surface area contributed by atoms with Crippen molar-refractivity contribution in [3.05, 3.63) is 23.8 Å². The summed E-state index contributed by atoms with van der Waals surface area (Å²) in [5.74, 6) is 1.17. The molecule has 234 valence electrons. The van der Waals surface area contributed by atoms with Crippen molar-refractivity contribution in [2.75, 3.05) is 5.32 Å². The number of carboxylic acids is 1. The molecule has 0 spiro atoms. The van der Waals surface area contributed by atoms with Crippen LogP contribution >= 0.6 is 0 Å². The molecule has 2 amide bonds. The Balaban J connectivity index is 0.000000244. The number of hydrogen-bond donors (Lipinski definition) is 6. The molecule has 0 aromatic heterocycles. The van der Waals surface area contributed by atoms with Crippen molar-refractivity contribution >= 4 is 23.5 Å². The first-order valence-corrected chi connectivity index (χ1v) is 15.7. The molecule has 9 heteroatoms. The minimum atomic E-state index is -0.741. The number of primary amides is 1. The summed E-state index contributed by atoms with van der Waals surface area (Å²) in [6.07, 6.45) is 9.26. The van der Waals surface area contributed by atoms with Gasteiger partial charge in [0.1, 0.15) is 0 Å². The molecule has 0 unspecified atom stereocenters. The van der Waals surface area contributed by atoms with E-state index in [4.69, 9.17) is 10.8 Å². The summed E-state index contributed by atoms with van der Waals surface area (Å²) in [6.45, 7) is 8.29. The van der Waals surface area contributed by atoms with Crippen LogP contribution in [0.25, 0.3) is 0 Å². The highest BCUT2D eigenvalue weighted by atomic mass is 16.4. The van der Waals surface area contributed by atoms with E-state index in [1.807, 2.05) is 0 Å². The normalized spacial score (nSPS) is 37.6. The molecule has 9 nitrogen and oxygen atoms in total. The number of nitrogens with one attached hydrogen (secondary N) is 1. The number of para-hydroxylation sites is 1. The molecule has 0 radical (unpaired) electrons. The highest BCUT2D eigenvalue weighted by Gasteiger charge is 2.63. The fourth-order valence-electron chi connectivity index (χ4n) is 9.75. The zero-order chi connectivity index (χ0) is 31.0. The molecule has 0 heterocycles. The van der Waals surface area contributed by atoms with Crippen molar-refractivity contribution < 1.29 is 34.8 Å². The molecule has 1 aromatic carbocycles. The van der Waals surface area contributed by atoms with Crippen LogP contribution in [0.5, 0.6) is 5.75 Å². The second-order valence-corrected chi connectivity index (χ2v) is 14.0. The van der Waals surface area contributed by atoms with Crippen LogP contribution in [0.15, 0.2) is 18.2 Å². The Bertz CT molecular complexity index is 1170. The Hall–Kier alpha value is -2.65. The fraction of sp³-hybridized carbons (Fsp3) is 0.727. The smallest absolute Gasteiger partial charge is 0.303 e. The van der Waals surface area contributed by atoms with Crippen molar-refractivity contribution in [1.82, 2.24) is 0 Å². The van der Waals surface area contributed by atoms with Gasteiger partial charge in [-0.25, -0.2) is 0 Å². The number of phenols is 1. The van der Waals surface area contributed by atoms with Gasteiger partial charge in [-0.15, -0.1) is 0 Å². The van der Waals surface area contributed by atoms with Gasteiger partial charge in [-0.05, 0) is 116 Å². The van der Waals surface area contributed by atoms with Gasteiger partial charge in [-0.3, -0.25) is 14.4 Å². The Morgan fingerprint density at radius 1 is 1.05 bits per heavy atom. The number of carbonyl (C=O) groups excluding carboxylic acids is 2. The van der Waals surface area contributed by atoms with Gasteiger partial charge in [0.15, 0.2) is 5.75 Å². The van der Waals surface area contributed by atoms with E-state index < -0.39 is 11.9 Å². The summed E-state index contributed by atoms with van der Waals surface area (Å²) in [7, 11) is 0. The maximum atomic E-state index is 11.5. The Morgan fingerprint density at radius 2 is 1.76 bits per heavy atom. The minimum absolute atomic E-state index is 0.0174. The number of carboxylic acid groups (broad SMARTS) is 1. The van der Waals surface area contributed by atoms with Gasteiger partial charge in [0.2, 0.25) is 5.91 Å². The molecular formula is C33H50N2O7. The number of rotatable bonds is 6. The van der Waals surface area contributed by atoms with E-state index >= 15 is 0 Å². The van der Waals surface area contributed by atoms with Crippen LogP contribution in [0.1, 0.15) is 102 Å². The van der Waals surface area contributed by atoms with Crippen LogP contribution in [0.2, 0.25) is 0 Å².